The monoisotopic (exact) mass is 296 g/mol. The second-order valence-electron chi connectivity index (χ2n) is 4.58. The molecule has 7 heteroatoms. The predicted molar refractivity (Wildman–Crippen MR) is 78.5 cm³/mol. The van der Waals surface area contributed by atoms with E-state index in [0.717, 1.165) is 0 Å². The summed E-state index contributed by atoms with van der Waals surface area (Å²) in [5, 5.41) is 0. The summed E-state index contributed by atoms with van der Waals surface area (Å²) in [6.45, 7) is 2.48. The van der Waals surface area contributed by atoms with Gasteiger partial charge in [0, 0.05) is 30.5 Å². The van der Waals surface area contributed by atoms with Crippen LogP contribution in [0.15, 0.2) is 23.4 Å². The Balaban J connectivity index is 2.87. The molecule has 20 heavy (non-hydrogen) atoms. The zero-order chi connectivity index (χ0) is 15.2. The zero-order valence-electron chi connectivity index (χ0n) is 11.9. The fourth-order valence-corrected chi connectivity index (χ4v) is 2.39. The molecular weight excluding hydrogens is 276 g/mol. The molecule has 0 aliphatic heterocycles. The number of pyridine rings is 1. The second-order valence-corrected chi connectivity index (χ2v) is 6.35. The average Bonchev–Trinajstić information content (AvgIpc) is 2.42. The van der Waals surface area contributed by atoms with Crippen molar-refractivity contribution < 1.29 is 8.42 Å². The highest BCUT2D eigenvalue weighted by atomic mass is 32.2. The molecule has 0 spiro atoms. The molecule has 0 aliphatic rings. The van der Waals surface area contributed by atoms with Crippen molar-refractivity contribution in [3.05, 3.63) is 24.0 Å². The van der Waals surface area contributed by atoms with E-state index in [9.17, 15) is 8.42 Å². The van der Waals surface area contributed by atoms with Gasteiger partial charge >= 0.3 is 0 Å². The Morgan fingerprint density at radius 1 is 1.45 bits per heavy atom. The molecule has 110 valence electrons. The molecule has 0 saturated carbocycles. The fraction of sp³-hybridized carbons (Fsp3) is 0.462. The molecule has 0 aromatic carbocycles. The third-order valence-electron chi connectivity index (χ3n) is 2.81. The summed E-state index contributed by atoms with van der Waals surface area (Å²) >= 11 is 0. The number of hydrogen-bond acceptors (Lipinski definition) is 5. The highest BCUT2D eigenvalue weighted by molar-refractivity contribution is 7.89. The Bertz CT molecular complexity index is 602. The quantitative estimate of drug-likeness (QED) is 0.723. The van der Waals surface area contributed by atoms with E-state index >= 15 is 0 Å². The largest absolute Gasteiger partial charge is 0.320 e. The summed E-state index contributed by atoms with van der Waals surface area (Å²) in [6.07, 6.45) is 2.81. The number of sulfonamides is 1. The van der Waals surface area contributed by atoms with Crippen LogP contribution in [0.2, 0.25) is 0 Å². The van der Waals surface area contributed by atoms with Gasteiger partial charge in [-0.15, -0.1) is 0 Å². The second kappa shape index (κ2) is 7.36. The third kappa shape index (κ3) is 4.90. The van der Waals surface area contributed by atoms with Crippen LogP contribution in [0.25, 0.3) is 0 Å². The van der Waals surface area contributed by atoms with E-state index in [1.165, 1.54) is 18.5 Å². The lowest BCUT2D eigenvalue weighted by Crippen LogP contribution is -2.38. The normalized spacial score (nSPS) is 12.8. The molecule has 1 aromatic rings. The first-order chi connectivity index (χ1) is 9.36. The van der Waals surface area contributed by atoms with Gasteiger partial charge in [0.05, 0.1) is 6.54 Å². The minimum Gasteiger partial charge on any atom is -0.320 e. The van der Waals surface area contributed by atoms with Gasteiger partial charge in [-0.05, 0) is 27.1 Å². The van der Waals surface area contributed by atoms with Crippen LogP contribution in [0.1, 0.15) is 12.5 Å². The van der Waals surface area contributed by atoms with Crippen molar-refractivity contribution >= 4 is 10.0 Å². The lowest BCUT2D eigenvalue weighted by Gasteiger charge is -2.19. The van der Waals surface area contributed by atoms with Crippen LogP contribution in [0, 0.1) is 11.8 Å². The van der Waals surface area contributed by atoms with Crippen LogP contribution in [-0.4, -0.2) is 51.5 Å². The molecule has 1 heterocycles. The minimum absolute atomic E-state index is 0.0953. The topological polar surface area (TPSA) is 88.3 Å². The van der Waals surface area contributed by atoms with Gasteiger partial charge in [0.25, 0.3) is 0 Å². The summed E-state index contributed by atoms with van der Waals surface area (Å²) in [7, 11) is 0.210. The smallest absolute Gasteiger partial charge is 0.242 e. The Kier molecular flexibility index (Phi) is 6.10. The first-order valence-electron chi connectivity index (χ1n) is 6.17. The fourth-order valence-electron chi connectivity index (χ4n) is 1.28. The van der Waals surface area contributed by atoms with Crippen LogP contribution in [-0.2, 0) is 10.0 Å². The van der Waals surface area contributed by atoms with Crippen molar-refractivity contribution in [3.63, 3.8) is 0 Å². The lowest BCUT2D eigenvalue weighted by molar-refractivity contribution is 0.314. The third-order valence-corrected chi connectivity index (χ3v) is 4.20. The van der Waals surface area contributed by atoms with Gasteiger partial charge in [-0.3, -0.25) is 4.98 Å². The first-order valence-corrected chi connectivity index (χ1v) is 7.65. The molecule has 1 unspecified atom stereocenters. The van der Waals surface area contributed by atoms with Crippen molar-refractivity contribution in [2.45, 2.75) is 17.9 Å². The van der Waals surface area contributed by atoms with Gasteiger partial charge in [-0.25, -0.2) is 13.1 Å². The Hall–Kier alpha value is -1.46. The SMILES string of the molecule is CC(CNS(=O)(=O)c1cncc(C#CCN)c1)N(C)C. The summed E-state index contributed by atoms with van der Waals surface area (Å²) in [5.41, 5.74) is 5.81. The standard InChI is InChI=1S/C13H20N4O2S/c1-11(17(2)3)8-16-20(18,19)13-7-12(5-4-6-14)9-15-10-13/h7,9-11,16H,6,8,14H2,1-3H3. The summed E-state index contributed by atoms with van der Waals surface area (Å²) < 4.78 is 26.8. The van der Waals surface area contributed by atoms with Gasteiger partial charge in [-0.2, -0.15) is 0 Å². The Morgan fingerprint density at radius 3 is 2.75 bits per heavy atom. The summed E-state index contributed by atoms with van der Waals surface area (Å²) in [6, 6.07) is 1.58. The maximum absolute atomic E-state index is 12.1. The maximum Gasteiger partial charge on any atom is 0.242 e. The van der Waals surface area contributed by atoms with E-state index in [4.69, 9.17) is 5.73 Å². The zero-order valence-corrected chi connectivity index (χ0v) is 12.7. The van der Waals surface area contributed by atoms with Gasteiger partial charge in [0.15, 0.2) is 0 Å². The number of nitrogens with one attached hydrogen (secondary N) is 1. The highest BCUT2D eigenvalue weighted by Gasteiger charge is 2.16. The molecular formula is C13H20N4O2S. The van der Waals surface area contributed by atoms with Gasteiger partial charge in [0.1, 0.15) is 4.90 Å². The molecule has 0 saturated heterocycles. The van der Waals surface area contributed by atoms with Gasteiger partial charge in [-0.1, -0.05) is 11.8 Å². The van der Waals surface area contributed by atoms with E-state index in [1.54, 1.807) is 0 Å². The summed E-state index contributed by atoms with van der Waals surface area (Å²) in [5.74, 6) is 5.43. The van der Waals surface area contributed by atoms with E-state index in [0.29, 0.717) is 12.1 Å². The number of aromatic nitrogens is 1. The predicted octanol–water partition coefficient (Wildman–Crippen LogP) is -0.380. The number of hydrogen-bond donors (Lipinski definition) is 2. The molecule has 0 amide bonds. The number of rotatable bonds is 5. The van der Waals surface area contributed by atoms with E-state index < -0.39 is 10.0 Å². The van der Waals surface area contributed by atoms with Crippen molar-refractivity contribution in [2.24, 2.45) is 5.73 Å². The molecule has 1 rings (SSSR count). The number of likely N-dealkylation sites (N-methyl/N-ethyl adjacent to an activating group) is 1. The van der Waals surface area contributed by atoms with E-state index in [-0.39, 0.29) is 17.5 Å². The molecule has 1 atom stereocenters. The van der Waals surface area contributed by atoms with Gasteiger partial charge in [0.2, 0.25) is 10.0 Å². The highest BCUT2D eigenvalue weighted by Crippen LogP contribution is 2.09. The molecule has 0 bridgehead atoms. The average molecular weight is 296 g/mol. The van der Waals surface area contributed by atoms with E-state index in [1.807, 2.05) is 25.9 Å². The number of nitrogens with two attached hydrogens (primary N) is 1. The van der Waals surface area contributed by atoms with Crippen molar-refractivity contribution in [3.8, 4) is 11.8 Å². The van der Waals surface area contributed by atoms with Crippen LogP contribution < -0.4 is 10.5 Å². The molecule has 0 fully saturated rings. The minimum atomic E-state index is -3.57. The molecule has 0 radical (unpaired) electrons. The van der Waals surface area contributed by atoms with Crippen molar-refractivity contribution in [1.82, 2.24) is 14.6 Å². The first kappa shape index (κ1) is 16.6. The number of nitrogens with zero attached hydrogens (tertiary/aromatic N) is 2. The van der Waals surface area contributed by atoms with Crippen LogP contribution in [0.3, 0.4) is 0 Å². The van der Waals surface area contributed by atoms with E-state index in [2.05, 4.69) is 21.5 Å². The van der Waals surface area contributed by atoms with Gasteiger partial charge < -0.3 is 10.6 Å². The van der Waals surface area contributed by atoms with Crippen LogP contribution in [0.5, 0.6) is 0 Å². The van der Waals surface area contributed by atoms with Crippen molar-refractivity contribution in [1.29, 1.82) is 0 Å². The maximum atomic E-state index is 12.1. The molecule has 0 aliphatic carbocycles. The summed E-state index contributed by atoms with van der Waals surface area (Å²) in [4.78, 5) is 5.93. The lowest BCUT2D eigenvalue weighted by atomic mass is 10.3. The molecule has 3 N–H and O–H groups in total. The van der Waals surface area contributed by atoms with Crippen LogP contribution in [0.4, 0.5) is 0 Å². The van der Waals surface area contributed by atoms with Crippen molar-refractivity contribution in [2.75, 3.05) is 27.2 Å². The Labute approximate surface area is 120 Å². The molecule has 6 nitrogen and oxygen atoms in total. The van der Waals surface area contributed by atoms with Crippen LogP contribution >= 0.6 is 0 Å². The molecule has 1 aromatic heterocycles. The Morgan fingerprint density at radius 2 is 2.15 bits per heavy atom.